The molecular weight excluding hydrogens is 411 g/mol. The molecule has 1 saturated heterocycles. The second-order valence-corrected chi connectivity index (χ2v) is 6.29. The normalized spacial score (nSPS) is 16.5. The van der Waals surface area contributed by atoms with Crippen LogP contribution in [0.15, 0.2) is 21.3 Å². The number of alkyl halides is 4. The molecular formula is C16H18ClF5N4O2. The number of halogens is 6. The molecule has 156 valence electrons. The van der Waals surface area contributed by atoms with Gasteiger partial charge in [-0.1, -0.05) is 0 Å². The highest BCUT2D eigenvalue weighted by molar-refractivity contribution is 5.85. The van der Waals surface area contributed by atoms with Gasteiger partial charge in [0.25, 0.3) is 0 Å². The Hall–Kier alpha value is -2.14. The van der Waals surface area contributed by atoms with Crippen LogP contribution in [0.1, 0.15) is 18.4 Å². The van der Waals surface area contributed by atoms with E-state index in [1.54, 1.807) is 0 Å². The predicted molar refractivity (Wildman–Crippen MR) is 93.7 cm³/mol. The van der Waals surface area contributed by atoms with Crippen molar-refractivity contribution in [1.82, 2.24) is 15.5 Å². The third kappa shape index (κ3) is 4.82. The quantitative estimate of drug-likeness (QED) is 0.636. The Morgan fingerprint density at radius 1 is 1.29 bits per heavy atom. The maximum Gasteiger partial charge on any atom is 0.434 e. The summed E-state index contributed by atoms with van der Waals surface area (Å²) in [4.78, 5) is 11.1. The third-order valence-electron chi connectivity index (χ3n) is 4.52. The predicted octanol–water partition coefficient (Wildman–Crippen LogP) is 3.36. The van der Waals surface area contributed by atoms with Gasteiger partial charge in [-0.3, -0.25) is 0 Å². The monoisotopic (exact) mass is 428 g/mol. The first-order valence-corrected chi connectivity index (χ1v) is 8.29. The summed E-state index contributed by atoms with van der Waals surface area (Å²) in [6.07, 6.45) is -3.83. The molecule has 0 amide bonds. The highest BCUT2D eigenvalue weighted by Gasteiger charge is 2.39. The van der Waals surface area contributed by atoms with E-state index in [4.69, 9.17) is 0 Å². The van der Waals surface area contributed by atoms with E-state index in [-0.39, 0.29) is 29.8 Å². The van der Waals surface area contributed by atoms with Gasteiger partial charge < -0.3 is 15.1 Å². The average Bonchev–Trinajstić information content (AvgIpc) is 3.05. The molecule has 0 saturated carbocycles. The van der Waals surface area contributed by atoms with Crippen molar-refractivity contribution in [3.63, 3.8) is 0 Å². The van der Waals surface area contributed by atoms with Gasteiger partial charge in [0.2, 0.25) is 5.89 Å². The Balaban J connectivity index is 0.00000280. The molecule has 2 aromatic rings. The van der Waals surface area contributed by atoms with E-state index in [2.05, 4.69) is 20.1 Å². The molecule has 0 radical (unpaired) electrons. The lowest BCUT2D eigenvalue weighted by Crippen LogP contribution is -2.39. The van der Waals surface area contributed by atoms with E-state index >= 15 is 0 Å². The average molecular weight is 429 g/mol. The molecule has 3 rings (SSSR count). The van der Waals surface area contributed by atoms with Crippen LogP contribution in [0.2, 0.25) is 0 Å². The molecule has 1 atom stereocenters. The first-order chi connectivity index (χ1) is 12.8. The van der Waals surface area contributed by atoms with Crippen LogP contribution in [0, 0.1) is 11.7 Å². The summed E-state index contributed by atoms with van der Waals surface area (Å²) in [6.45, 7) is 0.342. The second kappa shape index (κ2) is 8.91. The largest absolute Gasteiger partial charge is 0.434 e. The first-order valence-electron chi connectivity index (χ1n) is 8.29. The van der Waals surface area contributed by atoms with Gasteiger partial charge in [-0.15, -0.1) is 17.5 Å². The number of hydrogen-bond acceptors (Lipinski definition) is 5. The molecule has 6 nitrogen and oxygen atoms in total. The molecule has 1 unspecified atom stereocenters. The van der Waals surface area contributed by atoms with E-state index < -0.39 is 41.7 Å². The number of hydrogen-bond donors (Lipinski definition) is 3. The van der Waals surface area contributed by atoms with Crippen molar-refractivity contribution in [2.45, 2.75) is 25.1 Å². The summed E-state index contributed by atoms with van der Waals surface area (Å²) < 4.78 is 72.6. The van der Waals surface area contributed by atoms with Gasteiger partial charge in [0.15, 0.2) is 0 Å². The molecule has 2 heterocycles. The fourth-order valence-electron chi connectivity index (χ4n) is 3.21. The van der Waals surface area contributed by atoms with Gasteiger partial charge in [0.05, 0.1) is 11.7 Å². The van der Waals surface area contributed by atoms with Crippen molar-refractivity contribution >= 4 is 18.1 Å². The van der Waals surface area contributed by atoms with Crippen molar-refractivity contribution in [3.8, 4) is 11.5 Å². The van der Waals surface area contributed by atoms with Crippen LogP contribution >= 0.6 is 12.4 Å². The zero-order chi connectivity index (χ0) is 19.6. The Morgan fingerprint density at radius 3 is 2.50 bits per heavy atom. The van der Waals surface area contributed by atoms with E-state index in [0.717, 1.165) is 6.07 Å². The van der Waals surface area contributed by atoms with Crippen LogP contribution in [0.4, 0.5) is 27.6 Å². The second-order valence-electron chi connectivity index (χ2n) is 6.29. The molecule has 12 heteroatoms. The summed E-state index contributed by atoms with van der Waals surface area (Å²) >= 11 is 0. The number of aromatic nitrogens is 2. The summed E-state index contributed by atoms with van der Waals surface area (Å²) in [5, 5.41) is 11.0. The van der Waals surface area contributed by atoms with Crippen LogP contribution in [-0.4, -0.2) is 36.0 Å². The van der Waals surface area contributed by atoms with Gasteiger partial charge >= 0.3 is 11.9 Å². The molecule has 28 heavy (non-hydrogen) atoms. The maximum absolute atomic E-state index is 14.3. The number of nitrogens with one attached hydrogen (secondary N) is 3. The number of aromatic amines is 1. The van der Waals surface area contributed by atoms with Crippen LogP contribution in [-0.2, 0) is 6.18 Å². The Morgan fingerprint density at radius 2 is 1.96 bits per heavy atom. The Kier molecular flexibility index (Phi) is 7.05. The van der Waals surface area contributed by atoms with Gasteiger partial charge in [-0.25, -0.2) is 18.7 Å². The SMILES string of the molecule is Cl.O=c1[nH]nc(-c2cc(F)c(C(F)(F)F)c(NC(CF)C3CCNCC3)c2)o1. The van der Waals surface area contributed by atoms with E-state index in [0.29, 0.717) is 32.0 Å². The molecule has 0 aliphatic carbocycles. The Labute approximate surface area is 162 Å². The highest BCUT2D eigenvalue weighted by Crippen LogP contribution is 2.40. The Bertz CT molecular complexity index is 848. The summed E-state index contributed by atoms with van der Waals surface area (Å²) in [7, 11) is 0. The first kappa shape index (κ1) is 22.2. The lowest BCUT2D eigenvalue weighted by Gasteiger charge is -2.31. The minimum atomic E-state index is -4.99. The highest BCUT2D eigenvalue weighted by atomic mass is 35.5. The lowest BCUT2D eigenvalue weighted by molar-refractivity contribution is -0.139. The van der Waals surface area contributed by atoms with Gasteiger partial charge in [0, 0.05) is 5.56 Å². The zero-order valence-corrected chi connectivity index (χ0v) is 15.2. The van der Waals surface area contributed by atoms with Crippen molar-refractivity contribution in [3.05, 3.63) is 34.1 Å². The minimum absolute atomic E-state index is 0. The maximum atomic E-state index is 14.3. The molecule has 1 aliphatic rings. The van der Waals surface area contributed by atoms with E-state index in [1.807, 2.05) is 5.10 Å². The van der Waals surface area contributed by atoms with Gasteiger partial charge in [-0.2, -0.15) is 13.2 Å². The molecule has 0 bridgehead atoms. The van der Waals surface area contributed by atoms with Crippen molar-refractivity contribution in [2.75, 3.05) is 25.1 Å². The number of benzene rings is 1. The van der Waals surface area contributed by atoms with Crippen molar-refractivity contribution in [2.24, 2.45) is 5.92 Å². The summed E-state index contributed by atoms with van der Waals surface area (Å²) in [5.74, 6) is -3.08. The van der Waals surface area contributed by atoms with Crippen molar-refractivity contribution in [1.29, 1.82) is 0 Å². The fourth-order valence-corrected chi connectivity index (χ4v) is 3.21. The number of rotatable bonds is 5. The van der Waals surface area contributed by atoms with Crippen LogP contribution in [0.5, 0.6) is 0 Å². The number of H-pyrrole nitrogens is 1. The topological polar surface area (TPSA) is 83.0 Å². The van der Waals surface area contributed by atoms with Crippen LogP contribution in [0.3, 0.4) is 0 Å². The van der Waals surface area contributed by atoms with E-state index in [9.17, 15) is 26.7 Å². The van der Waals surface area contributed by atoms with Crippen LogP contribution < -0.4 is 16.4 Å². The molecule has 1 aromatic carbocycles. The molecule has 1 aliphatic heterocycles. The van der Waals surface area contributed by atoms with Crippen LogP contribution in [0.25, 0.3) is 11.5 Å². The summed E-state index contributed by atoms with van der Waals surface area (Å²) in [5.41, 5.74) is -2.33. The third-order valence-corrected chi connectivity index (χ3v) is 4.52. The molecule has 1 aromatic heterocycles. The van der Waals surface area contributed by atoms with Crippen molar-refractivity contribution < 1.29 is 26.4 Å². The molecule has 1 fully saturated rings. The number of piperidine rings is 1. The molecule has 0 spiro atoms. The van der Waals surface area contributed by atoms with E-state index in [1.165, 1.54) is 0 Å². The van der Waals surface area contributed by atoms with Gasteiger partial charge in [-0.05, 0) is 44.0 Å². The number of nitrogens with zero attached hydrogens (tertiary/aromatic N) is 1. The standard InChI is InChI=1S/C16H17F5N4O2.ClH/c17-7-12(8-1-3-22-4-2-8)23-11-6-9(14-24-25-15(26)27-14)5-10(18)13(11)16(19,20)21;/h5-6,8,12,22-23H,1-4,7H2,(H,25,26);1H. The lowest BCUT2D eigenvalue weighted by atomic mass is 9.90. The summed E-state index contributed by atoms with van der Waals surface area (Å²) in [6, 6.07) is 0.616. The number of anilines is 1. The zero-order valence-electron chi connectivity index (χ0n) is 14.4. The molecule has 3 N–H and O–H groups in total. The smallest absolute Gasteiger partial charge is 0.388 e. The minimum Gasteiger partial charge on any atom is -0.388 e. The fraction of sp³-hybridized carbons (Fsp3) is 0.500. The van der Waals surface area contributed by atoms with Gasteiger partial charge in [0.1, 0.15) is 18.1 Å².